The van der Waals surface area contributed by atoms with Crippen molar-refractivity contribution in [1.29, 1.82) is 0 Å². The zero-order chi connectivity index (χ0) is 13.6. The largest absolute Gasteiger partial charge is 0.379 e. The minimum atomic E-state index is -0.400. The van der Waals surface area contributed by atoms with Crippen LogP contribution in [-0.2, 0) is 9.53 Å². The number of benzene rings is 1. The van der Waals surface area contributed by atoms with Gasteiger partial charge in [0, 0.05) is 0 Å². The second-order valence-corrected chi connectivity index (χ2v) is 6.41. The minimum absolute atomic E-state index is 0.00724. The van der Waals surface area contributed by atoms with Gasteiger partial charge in [0.05, 0.1) is 28.8 Å². The summed E-state index contributed by atoms with van der Waals surface area (Å²) in [5, 5.41) is 3.58. The highest BCUT2D eigenvalue weighted by atomic mass is 32.1. The van der Waals surface area contributed by atoms with Crippen LogP contribution in [0, 0.1) is 19.3 Å². The van der Waals surface area contributed by atoms with Crippen LogP contribution in [0.15, 0.2) is 12.1 Å². The van der Waals surface area contributed by atoms with Crippen LogP contribution in [0.1, 0.15) is 18.1 Å². The fourth-order valence-corrected chi connectivity index (χ4v) is 2.99. The van der Waals surface area contributed by atoms with Crippen LogP contribution in [0.4, 0.5) is 5.13 Å². The Morgan fingerprint density at radius 3 is 2.79 bits per heavy atom. The summed E-state index contributed by atoms with van der Waals surface area (Å²) in [4.78, 5) is 16.7. The summed E-state index contributed by atoms with van der Waals surface area (Å²) in [6.07, 6.45) is 0. The highest BCUT2D eigenvalue weighted by Crippen LogP contribution is 2.32. The number of fused-ring (bicyclic) bond motifs is 1. The van der Waals surface area contributed by atoms with Gasteiger partial charge in [-0.15, -0.1) is 0 Å². The van der Waals surface area contributed by atoms with Gasteiger partial charge in [-0.3, -0.25) is 4.79 Å². The van der Waals surface area contributed by atoms with E-state index in [1.54, 1.807) is 0 Å². The number of ether oxygens (including phenoxy) is 1. The molecule has 2 aromatic rings. The van der Waals surface area contributed by atoms with E-state index in [9.17, 15) is 4.79 Å². The summed E-state index contributed by atoms with van der Waals surface area (Å²) in [6, 6.07) is 4.14. The Balaban J connectivity index is 1.90. The van der Waals surface area contributed by atoms with E-state index < -0.39 is 5.41 Å². The number of nitrogens with zero attached hydrogens (tertiary/aromatic N) is 1. The number of carbonyl (C=O) groups excluding carboxylic acids is 1. The number of aromatic nitrogens is 1. The number of carbonyl (C=O) groups is 1. The van der Waals surface area contributed by atoms with Gasteiger partial charge >= 0.3 is 0 Å². The number of anilines is 1. The Labute approximate surface area is 115 Å². The van der Waals surface area contributed by atoms with E-state index in [0.717, 1.165) is 10.2 Å². The molecule has 5 heteroatoms. The molecule has 0 bridgehead atoms. The molecule has 4 nitrogen and oxygen atoms in total. The normalized spacial score (nSPS) is 17.2. The molecular weight excluding hydrogens is 260 g/mol. The first-order valence-corrected chi connectivity index (χ1v) is 7.07. The third-order valence-corrected chi connectivity index (χ3v) is 4.63. The quantitative estimate of drug-likeness (QED) is 0.917. The van der Waals surface area contributed by atoms with Crippen molar-refractivity contribution in [3.05, 3.63) is 23.3 Å². The first-order valence-electron chi connectivity index (χ1n) is 6.25. The summed E-state index contributed by atoms with van der Waals surface area (Å²) in [7, 11) is 0. The lowest BCUT2D eigenvalue weighted by Crippen LogP contribution is -2.49. The number of hydrogen-bond acceptors (Lipinski definition) is 4. The molecule has 1 amide bonds. The second-order valence-electron chi connectivity index (χ2n) is 5.38. The highest BCUT2D eigenvalue weighted by molar-refractivity contribution is 7.22. The first-order chi connectivity index (χ1) is 8.99. The van der Waals surface area contributed by atoms with Crippen LogP contribution in [0.2, 0.25) is 0 Å². The Bertz CT molecular complexity index is 659. The maximum atomic E-state index is 12.1. The van der Waals surface area contributed by atoms with Gasteiger partial charge < -0.3 is 10.1 Å². The zero-order valence-electron chi connectivity index (χ0n) is 11.2. The van der Waals surface area contributed by atoms with E-state index in [-0.39, 0.29) is 5.91 Å². The Morgan fingerprint density at radius 2 is 2.16 bits per heavy atom. The summed E-state index contributed by atoms with van der Waals surface area (Å²) < 4.78 is 6.22. The number of nitrogens with one attached hydrogen (secondary N) is 1. The van der Waals surface area contributed by atoms with E-state index in [1.165, 1.54) is 22.5 Å². The molecule has 1 aliphatic heterocycles. The molecule has 0 radical (unpaired) electrons. The van der Waals surface area contributed by atoms with Crippen LogP contribution in [0.3, 0.4) is 0 Å². The summed E-state index contributed by atoms with van der Waals surface area (Å²) in [5.41, 5.74) is 2.97. The van der Waals surface area contributed by atoms with Crippen molar-refractivity contribution >= 4 is 32.6 Å². The van der Waals surface area contributed by atoms with Crippen LogP contribution in [0.5, 0.6) is 0 Å². The van der Waals surface area contributed by atoms with Crippen molar-refractivity contribution in [2.24, 2.45) is 5.41 Å². The smallest absolute Gasteiger partial charge is 0.236 e. The molecule has 1 N–H and O–H groups in total. The molecule has 0 aliphatic carbocycles. The molecule has 0 spiro atoms. The number of aryl methyl sites for hydroxylation is 2. The van der Waals surface area contributed by atoms with Gasteiger partial charge in [0.15, 0.2) is 5.13 Å². The van der Waals surface area contributed by atoms with Crippen LogP contribution in [-0.4, -0.2) is 24.1 Å². The standard InChI is InChI=1S/C14H16N2O2S/c1-8-4-5-10-11(9(8)2)15-13(19-10)16-12(17)14(3)6-18-7-14/h4-5H,6-7H2,1-3H3,(H,15,16,17). The van der Waals surface area contributed by atoms with Crippen LogP contribution >= 0.6 is 11.3 Å². The fraction of sp³-hybridized carbons (Fsp3) is 0.429. The van der Waals surface area contributed by atoms with Gasteiger partial charge in [-0.1, -0.05) is 17.4 Å². The molecule has 1 aromatic heterocycles. The SMILES string of the molecule is Cc1ccc2sc(NC(=O)C3(C)COC3)nc2c1C. The maximum absolute atomic E-state index is 12.1. The maximum Gasteiger partial charge on any atom is 0.236 e. The molecule has 1 aliphatic rings. The van der Waals surface area contributed by atoms with Crippen molar-refractivity contribution in [3.8, 4) is 0 Å². The Hall–Kier alpha value is -1.46. The molecular formula is C14H16N2O2S. The average molecular weight is 276 g/mol. The predicted octanol–water partition coefficient (Wildman–Crippen LogP) is 2.89. The number of amides is 1. The van der Waals surface area contributed by atoms with Gasteiger partial charge in [0.1, 0.15) is 0 Å². The molecule has 2 heterocycles. The number of hydrogen-bond donors (Lipinski definition) is 1. The molecule has 0 atom stereocenters. The summed E-state index contributed by atoms with van der Waals surface area (Å²) in [5.74, 6) is -0.00724. The third kappa shape index (κ3) is 2.03. The van der Waals surface area contributed by atoms with Gasteiger partial charge in [0.25, 0.3) is 0 Å². The fourth-order valence-electron chi connectivity index (χ4n) is 2.07. The topological polar surface area (TPSA) is 51.2 Å². The highest BCUT2D eigenvalue weighted by Gasteiger charge is 2.41. The van der Waals surface area contributed by atoms with Crippen molar-refractivity contribution < 1.29 is 9.53 Å². The molecule has 1 aromatic carbocycles. The Morgan fingerprint density at radius 1 is 1.42 bits per heavy atom. The molecule has 0 unspecified atom stereocenters. The van der Waals surface area contributed by atoms with Gasteiger partial charge in [-0.2, -0.15) is 0 Å². The monoisotopic (exact) mass is 276 g/mol. The molecule has 1 saturated heterocycles. The van der Waals surface area contributed by atoms with Crippen molar-refractivity contribution in [3.63, 3.8) is 0 Å². The molecule has 100 valence electrons. The van der Waals surface area contributed by atoms with Crippen molar-refractivity contribution in [2.75, 3.05) is 18.5 Å². The van der Waals surface area contributed by atoms with Gasteiger partial charge in [-0.05, 0) is 38.0 Å². The number of thiazole rings is 1. The predicted molar refractivity (Wildman–Crippen MR) is 76.6 cm³/mol. The van der Waals surface area contributed by atoms with Crippen molar-refractivity contribution in [2.45, 2.75) is 20.8 Å². The van der Waals surface area contributed by atoms with E-state index >= 15 is 0 Å². The van der Waals surface area contributed by atoms with Crippen molar-refractivity contribution in [1.82, 2.24) is 4.98 Å². The summed E-state index contributed by atoms with van der Waals surface area (Å²) >= 11 is 1.52. The first kappa shape index (κ1) is 12.6. The van der Waals surface area contributed by atoms with Crippen LogP contribution < -0.4 is 5.32 Å². The van der Waals surface area contributed by atoms with E-state index in [1.807, 2.05) is 6.92 Å². The lowest BCUT2D eigenvalue weighted by Gasteiger charge is -2.35. The van der Waals surface area contributed by atoms with Gasteiger partial charge in [-0.25, -0.2) is 4.98 Å². The molecule has 3 rings (SSSR count). The van der Waals surface area contributed by atoms with Gasteiger partial charge in [0.2, 0.25) is 5.91 Å². The van der Waals surface area contributed by atoms with Crippen LogP contribution in [0.25, 0.3) is 10.2 Å². The molecule has 1 fully saturated rings. The zero-order valence-corrected chi connectivity index (χ0v) is 12.1. The summed E-state index contributed by atoms with van der Waals surface area (Å²) in [6.45, 7) is 7.02. The second kappa shape index (κ2) is 4.28. The van der Waals surface area contributed by atoms with E-state index in [0.29, 0.717) is 18.3 Å². The lowest BCUT2D eigenvalue weighted by molar-refractivity contribution is -0.151. The third-order valence-electron chi connectivity index (χ3n) is 3.69. The molecule has 19 heavy (non-hydrogen) atoms. The van der Waals surface area contributed by atoms with E-state index in [2.05, 4.69) is 36.3 Å². The molecule has 0 saturated carbocycles. The average Bonchev–Trinajstić information content (AvgIpc) is 2.74. The number of rotatable bonds is 2. The van der Waals surface area contributed by atoms with E-state index in [4.69, 9.17) is 4.74 Å². The Kier molecular flexibility index (Phi) is 2.83. The lowest BCUT2D eigenvalue weighted by atomic mass is 9.88. The minimum Gasteiger partial charge on any atom is -0.379 e.